The van der Waals surface area contributed by atoms with E-state index < -0.39 is 0 Å². The minimum Gasteiger partial charge on any atom is -0.396 e. The first-order valence-corrected chi connectivity index (χ1v) is 5.92. The number of nitrogens with two attached hydrogens (primary N) is 1. The molecule has 1 atom stereocenters. The largest absolute Gasteiger partial charge is 0.396 e. The van der Waals surface area contributed by atoms with Crippen molar-refractivity contribution in [3.8, 4) is 0 Å². The van der Waals surface area contributed by atoms with Crippen molar-refractivity contribution in [2.45, 2.75) is 19.3 Å². The molecule has 0 aromatic carbocycles. The van der Waals surface area contributed by atoms with Crippen molar-refractivity contribution in [2.75, 3.05) is 24.7 Å². The van der Waals surface area contributed by atoms with Crippen molar-refractivity contribution in [2.24, 2.45) is 17.6 Å². The van der Waals surface area contributed by atoms with Crippen LogP contribution in [0.15, 0.2) is 0 Å². The average Bonchev–Trinajstić information content (AvgIpc) is 2.15. The summed E-state index contributed by atoms with van der Waals surface area (Å²) in [6.45, 7) is 1.04. The van der Waals surface area contributed by atoms with Crippen molar-refractivity contribution < 1.29 is 5.11 Å². The Hall–Kier alpha value is 0.270. The molecule has 2 nitrogen and oxygen atoms in total. The summed E-state index contributed by atoms with van der Waals surface area (Å²) in [7, 11) is 0. The summed E-state index contributed by atoms with van der Waals surface area (Å²) in [4.78, 5) is 0. The van der Waals surface area contributed by atoms with Crippen LogP contribution in [0.4, 0.5) is 0 Å². The summed E-state index contributed by atoms with van der Waals surface area (Å²) in [5.41, 5.74) is 5.67. The van der Waals surface area contributed by atoms with E-state index in [1.54, 1.807) is 0 Å². The van der Waals surface area contributed by atoms with E-state index in [-0.39, 0.29) is 0 Å². The maximum Gasteiger partial charge on any atom is 0.0434 e. The molecule has 3 N–H and O–H groups in total. The minimum atomic E-state index is 0.297. The van der Waals surface area contributed by atoms with Crippen molar-refractivity contribution in [1.29, 1.82) is 0 Å². The molecule has 3 heteroatoms. The summed E-state index contributed by atoms with van der Waals surface area (Å²) in [6, 6.07) is 0. The van der Waals surface area contributed by atoms with E-state index in [2.05, 4.69) is 0 Å². The van der Waals surface area contributed by atoms with E-state index in [0.29, 0.717) is 12.5 Å². The van der Waals surface area contributed by atoms with Crippen LogP contribution in [0, 0.1) is 11.8 Å². The van der Waals surface area contributed by atoms with Crippen LogP contribution in [-0.4, -0.2) is 29.8 Å². The quantitative estimate of drug-likeness (QED) is 0.696. The second-order valence-electron chi connectivity index (χ2n) is 3.46. The van der Waals surface area contributed by atoms with Crippen LogP contribution in [0.5, 0.6) is 0 Å². The van der Waals surface area contributed by atoms with Crippen LogP contribution in [0.2, 0.25) is 0 Å². The van der Waals surface area contributed by atoms with Crippen LogP contribution >= 0.6 is 11.8 Å². The van der Waals surface area contributed by atoms with Gasteiger partial charge in [-0.05, 0) is 49.1 Å². The molecule has 0 aromatic rings. The topological polar surface area (TPSA) is 46.2 Å². The fraction of sp³-hybridized carbons (Fsp3) is 1.00. The Bertz CT molecular complexity index is 112. The van der Waals surface area contributed by atoms with Gasteiger partial charge in [0.05, 0.1) is 0 Å². The highest BCUT2D eigenvalue weighted by molar-refractivity contribution is 7.99. The molecule has 0 radical (unpaired) electrons. The van der Waals surface area contributed by atoms with Crippen LogP contribution in [0.25, 0.3) is 0 Å². The molecular formula is C9H19NOS. The lowest BCUT2D eigenvalue weighted by Crippen LogP contribution is -2.27. The molecule has 1 aliphatic heterocycles. The molecule has 1 unspecified atom stereocenters. The van der Waals surface area contributed by atoms with Crippen LogP contribution in [0.1, 0.15) is 19.3 Å². The fourth-order valence-corrected chi connectivity index (χ4v) is 3.04. The fourth-order valence-electron chi connectivity index (χ4n) is 1.90. The third-order valence-corrected chi connectivity index (χ3v) is 3.78. The molecule has 0 amide bonds. The lowest BCUT2D eigenvalue weighted by molar-refractivity contribution is 0.215. The zero-order valence-electron chi connectivity index (χ0n) is 7.54. The lowest BCUT2D eigenvalue weighted by Gasteiger charge is -2.28. The zero-order chi connectivity index (χ0) is 8.81. The predicted molar refractivity (Wildman–Crippen MR) is 54.3 cm³/mol. The van der Waals surface area contributed by atoms with E-state index in [1.807, 2.05) is 11.8 Å². The molecule has 12 heavy (non-hydrogen) atoms. The van der Waals surface area contributed by atoms with Gasteiger partial charge in [-0.15, -0.1) is 0 Å². The number of aliphatic hydroxyl groups excluding tert-OH is 1. The van der Waals surface area contributed by atoms with Gasteiger partial charge in [-0.25, -0.2) is 0 Å². The van der Waals surface area contributed by atoms with E-state index in [9.17, 15) is 0 Å². The van der Waals surface area contributed by atoms with Gasteiger partial charge in [-0.1, -0.05) is 0 Å². The summed E-state index contributed by atoms with van der Waals surface area (Å²) >= 11 is 2.04. The molecule has 1 heterocycles. The van der Waals surface area contributed by atoms with E-state index in [1.165, 1.54) is 24.3 Å². The first-order chi connectivity index (χ1) is 5.88. The maximum atomic E-state index is 8.84. The van der Waals surface area contributed by atoms with Crippen LogP contribution in [-0.2, 0) is 0 Å². The summed E-state index contributed by atoms with van der Waals surface area (Å²) in [6.07, 6.45) is 3.49. The Morgan fingerprint density at radius 2 is 2.08 bits per heavy atom. The Morgan fingerprint density at radius 3 is 2.58 bits per heavy atom. The normalized spacial score (nSPS) is 22.5. The molecule has 72 valence electrons. The third-order valence-electron chi connectivity index (χ3n) is 2.74. The van der Waals surface area contributed by atoms with Crippen molar-refractivity contribution in [3.05, 3.63) is 0 Å². The van der Waals surface area contributed by atoms with Crippen molar-refractivity contribution in [1.82, 2.24) is 0 Å². The van der Waals surface area contributed by atoms with Crippen LogP contribution in [0.3, 0.4) is 0 Å². The highest BCUT2D eigenvalue weighted by Crippen LogP contribution is 2.29. The third kappa shape index (κ3) is 2.96. The molecule has 0 aromatic heterocycles. The SMILES string of the molecule is NCC(CCO)C1CCSCC1. The minimum absolute atomic E-state index is 0.297. The molecular weight excluding hydrogens is 170 g/mol. The second kappa shape index (κ2) is 5.84. The molecule has 1 fully saturated rings. The number of thioether (sulfide) groups is 1. The molecule has 1 aliphatic rings. The standard InChI is InChI=1S/C9H19NOS/c10-7-9(1-4-11)8-2-5-12-6-3-8/h8-9,11H,1-7,10H2. The zero-order valence-corrected chi connectivity index (χ0v) is 8.35. The lowest BCUT2D eigenvalue weighted by atomic mass is 9.85. The summed E-state index contributed by atoms with van der Waals surface area (Å²) in [5, 5.41) is 8.84. The van der Waals surface area contributed by atoms with Gasteiger partial charge < -0.3 is 10.8 Å². The molecule has 1 saturated heterocycles. The molecule has 0 saturated carbocycles. The van der Waals surface area contributed by atoms with E-state index in [0.717, 1.165) is 18.9 Å². The van der Waals surface area contributed by atoms with Gasteiger partial charge in [0.2, 0.25) is 0 Å². The Kier molecular flexibility index (Phi) is 5.04. The molecule has 0 aliphatic carbocycles. The monoisotopic (exact) mass is 189 g/mol. The van der Waals surface area contributed by atoms with Crippen molar-refractivity contribution in [3.63, 3.8) is 0 Å². The Morgan fingerprint density at radius 1 is 1.42 bits per heavy atom. The van der Waals surface area contributed by atoms with E-state index >= 15 is 0 Å². The number of hydrogen-bond acceptors (Lipinski definition) is 3. The van der Waals surface area contributed by atoms with Gasteiger partial charge in [0, 0.05) is 6.61 Å². The van der Waals surface area contributed by atoms with E-state index in [4.69, 9.17) is 10.8 Å². The van der Waals surface area contributed by atoms with Gasteiger partial charge >= 0.3 is 0 Å². The highest BCUT2D eigenvalue weighted by Gasteiger charge is 2.21. The Labute approximate surface area is 78.9 Å². The number of aliphatic hydroxyl groups is 1. The smallest absolute Gasteiger partial charge is 0.0434 e. The average molecular weight is 189 g/mol. The maximum absolute atomic E-state index is 8.84. The van der Waals surface area contributed by atoms with Gasteiger partial charge in [0.25, 0.3) is 0 Å². The summed E-state index contributed by atoms with van der Waals surface area (Å²) < 4.78 is 0. The predicted octanol–water partition coefficient (Wildman–Crippen LogP) is 1.09. The first-order valence-electron chi connectivity index (χ1n) is 4.77. The van der Waals surface area contributed by atoms with Crippen LogP contribution < -0.4 is 5.73 Å². The van der Waals surface area contributed by atoms with Gasteiger partial charge in [0.15, 0.2) is 0 Å². The van der Waals surface area contributed by atoms with Gasteiger partial charge in [0.1, 0.15) is 0 Å². The molecule has 0 spiro atoms. The Balaban J connectivity index is 2.29. The molecule has 0 bridgehead atoms. The highest BCUT2D eigenvalue weighted by atomic mass is 32.2. The number of rotatable bonds is 4. The number of hydrogen-bond donors (Lipinski definition) is 2. The molecule has 1 rings (SSSR count). The van der Waals surface area contributed by atoms with Gasteiger partial charge in [-0.3, -0.25) is 0 Å². The van der Waals surface area contributed by atoms with Crippen molar-refractivity contribution >= 4 is 11.8 Å². The first kappa shape index (κ1) is 10.4. The second-order valence-corrected chi connectivity index (χ2v) is 4.68. The van der Waals surface area contributed by atoms with Gasteiger partial charge in [-0.2, -0.15) is 11.8 Å². The summed E-state index contributed by atoms with van der Waals surface area (Å²) in [5.74, 6) is 3.92.